The summed E-state index contributed by atoms with van der Waals surface area (Å²) in [6, 6.07) is 14.1. The molecule has 0 amide bonds. The molecular formula is C42H54. The predicted molar refractivity (Wildman–Crippen MR) is 185 cm³/mol. The molecule has 0 radical (unpaired) electrons. The molecule has 0 saturated carbocycles. The molecular weight excluding hydrogens is 504 g/mol. The minimum Gasteiger partial charge on any atom is -0.0955 e. The number of hydrogen-bond donors (Lipinski definition) is 0. The van der Waals surface area contributed by atoms with Crippen LogP contribution in [-0.2, 0) is 12.8 Å². The number of hydrogen-bond acceptors (Lipinski definition) is 0. The van der Waals surface area contributed by atoms with E-state index in [4.69, 9.17) is 13.2 Å². The minimum absolute atomic E-state index is 0.0269. The Balaban J connectivity index is 1.59. The van der Waals surface area contributed by atoms with Crippen molar-refractivity contribution in [2.75, 3.05) is 0 Å². The summed E-state index contributed by atoms with van der Waals surface area (Å²) in [6.07, 6.45) is 6.90. The number of allylic oxidation sites excluding steroid dienone is 7. The van der Waals surface area contributed by atoms with Gasteiger partial charge in [0.25, 0.3) is 0 Å². The minimum atomic E-state index is -0.121. The van der Waals surface area contributed by atoms with Crippen LogP contribution in [-0.4, -0.2) is 0 Å². The van der Waals surface area contributed by atoms with Crippen molar-refractivity contribution >= 4 is 5.57 Å². The molecule has 42 heavy (non-hydrogen) atoms. The first-order valence-electron chi connectivity index (χ1n) is 16.1. The maximum absolute atomic E-state index is 4.87. The Morgan fingerprint density at radius 2 is 1.55 bits per heavy atom. The second-order valence-corrected chi connectivity index (χ2v) is 16.1. The van der Waals surface area contributed by atoms with Crippen molar-refractivity contribution < 1.29 is 0 Å². The Bertz CT molecular complexity index is 1560. The van der Waals surface area contributed by atoms with Crippen LogP contribution in [0.15, 0.2) is 89.6 Å². The van der Waals surface area contributed by atoms with Gasteiger partial charge in [0.15, 0.2) is 0 Å². The maximum Gasteiger partial charge on any atom is 0.0194 e. The van der Waals surface area contributed by atoms with Crippen LogP contribution < -0.4 is 0 Å². The fraction of sp³-hybridized carbons (Fsp3) is 0.476. The van der Waals surface area contributed by atoms with E-state index in [1.54, 1.807) is 0 Å². The van der Waals surface area contributed by atoms with Gasteiger partial charge in [0.05, 0.1) is 0 Å². The number of aryl methyl sites for hydroxylation is 2. The van der Waals surface area contributed by atoms with Gasteiger partial charge < -0.3 is 0 Å². The van der Waals surface area contributed by atoms with E-state index in [-0.39, 0.29) is 16.2 Å². The van der Waals surface area contributed by atoms with Gasteiger partial charge in [0.1, 0.15) is 0 Å². The number of rotatable bonds is 5. The number of benzene rings is 2. The van der Waals surface area contributed by atoms with E-state index >= 15 is 0 Å². The van der Waals surface area contributed by atoms with Crippen LogP contribution in [0.4, 0.5) is 0 Å². The predicted octanol–water partition coefficient (Wildman–Crippen LogP) is 12.2. The first kappa shape index (κ1) is 30.6. The normalized spacial score (nSPS) is 27.6. The van der Waals surface area contributed by atoms with E-state index in [9.17, 15) is 0 Å². The van der Waals surface area contributed by atoms with Crippen molar-refractivity contribution in [3.63, 3.8) is 0 Å². The van der Waals surface area contributed by atoms with E-state index in [0.29, 0.717) is 5.41 Å². The lowest BCUT2D eigenvalue weighted by molar-refractivity contribution is 0.0544. The SMILES string of the molecule is C=C(C)C1=C(C)C[C@@]2(C)C[C@@]3(C)Cc4c(-c5ccc(CCCC(C)(C)C)cc5)ccc(C)c4C(=C)C3=C(C)[C@@]2(C)C1=C. The smallest absolute Gasteiger partial charge is 0.0194 e. The highest BCUT2D eigenvalue weighted by atomic mass is 14.6. The molecule has 5 rings (SSSR count). The Hall–Kier alpha value is -2.86. The molecule has 222 valence electrons. The summed E-state index contributed by atoms with van der Waals surface area (Å²) in [4.78, 5) is 0. The summed E-state index contributed by atoms with van der Waals surface area (Å²) >= 11 is 0. The van der Waals surface area contributed by atoms with Crippen molar-refractivity contribution in [3.8, 4) is 11.1 Å². The highest BCUT2D eigenvalue weighted by Gasteiger charge is 2.59. The third kappa shape index (κ3) is 4.65. The molecule has 0 unspecified atom stereocenters. The quantitative estimate of drug-likeness (QED) is 0.342. The molecule has 0 aliphatic heterocycles. The van der Waals surface area contributed by atoms with E-state index in [2.05, 4.69) is 112 Å². The first-order valence-corrected chi connectivity index (χ1v) is 16.1. The fourth-order valence-electron chi connectivity index (χ4n) is 9.48. The van der Waals surface area contributed by atoms with Gasteiger partial charge in [-0.2, -0.15) is 0 Å². The lowest BCUT2D eigenvalue weighted by Crippen LogP contribution is -2.52. The monoisotopic (exact) mass is 558 g/mol. The van der Waals surface area contributed by atoms with Crippen molar-refractivity contribution in [1.29, 1.82) is 0 Å². The summed E-state index contributed by atoms with van der Waals surface area (Å²) in [6.45, 7) is 37.6. The molecule has 3 aliphatic carbocycles. The van der Waals surface area contributed by atoms with Crippen LogP contribution in [0.25, 0.3) is 16.7 Å². The molecule has 0 heteroatoms. The highest BCUT2D eigenvalue weighted by Crippen LogP contribution is 2.70. The molecule has 0 saturated heterocycles. The van der Waals surface area contributed by atoms with Crippen LogP contribution in [0.5, 0.6) is 0 Å². The largest absolute Gasteiger partial charge is 0.0955 e. The van der Waals surface area contributed by atoms with Gasteiger partial charge in [-0.15, -0.1) is 0 Å². The average molecular weight is 559 g/mol. The van der Waals surface area contributed by atoms with Crippen LogP contribution in [0, 0.1) is 28.6 Å². The van der Waals surface area contributed by atoms with Gasteiger partial charge in [-0.3, -0.25) is 0 Å². The highest BCUT2D eigenvalue weighted by molar-refractivity contribution is 5.90. The molecule has 0 nitrogen and oxygen atoms in total. The second kappa shape index (κ2) is 10.1. The number of fused-ring (bicyclic) bond motifs is 3. The van der Waals surface area contributed by atoms with Gasteiger partial charge >= 0.3 is 0 Å². The summed E-state index contributed by atoms with van der Waals surface area (Å²) in [5, 5.41) is 0. The van der Waals surface area contributed by atoms with Crippen molar-refractivity contribution in [3.05, 3.63) is 112 Å². The molecule has 0 bridgehead atoms. The molecule has 0 spiro atoms. The van der Waals surface area contributed by atoms with E-state index in [1.165, 1.54) is 79.7 Å². The Labute approximate surface area is 257 Å². The summed E-state index contributed by atoms with van der Waals surface area (Å²) in [5.74, 6) is 0. The summed E-state index contributed by atoms with van der Waals surface area (Å²) in [7, 11) is 0. The van der Waals surface area contributed by atoms with Crippen molar-refractivity contribution in [2.45, 2.75) is 108 Å². The average Bonchev–Trinajstić information content (AvgIpc) is 2.86. The standard InChI is InChI=1S/C42H54/c1-26(2)36-28(4)23-41(12)25-40(11)24-35-34(33-19-17-32(18-20-33)15-14-22-39(8,9)10)21-16-27(3)37(35)29(5)38(40)31(7)42(41,13)30(36)6/h16-21H,1,5-6,14-15,22-25H2,2-4,7-13H3/t40-,41+,42-/m1/s1. The van der Waals surface area contributed by atoms with Crippen LogP contribution in [0.3, 0.4) is 0 Å². The molecule has 0 N–H and O–H groups in total. The lowest BCUT2D eigenvalue weighted by atomic mass is 9.41. The maximum atomic E-state index is 4.87. The zero-order valence-corrected chi connectivity index (χ0v) is 28.3. The van der Waals surface area contributed by atoms with Gasteiger partial charge in [-0.05, 0) is 138 Å². The summed E-state index contributed by atoms with van der Waals surface area (Å²) in [5.41, 5.74) is 18.0. The molecule has 0 heterocycles. The Morgan fingerprint density at radius 3 is 2.14 bits per heavy atom. The van der Waals surface area contributed by atoms with Crippen molar-refractivity contribution in [2.24, 2.45) is 21.7 Å². The third-order valence-electron chi connectivity index (χ3n) is 11.5. The molecule has 2 aromatic rings. The lowest BCUT2D eigenvalue weighted by Gasteiger charge is -2.62. The first-order chi connectivity index (χ1) is 19.4. The summed E-state index contributed by atoms with van der Waals surface area (Å²) < 4.78 is 0. The van der Waals surface area contributed by atoms with Crippen LogP contribution in [0.1, 0.15) is 110 Å². The van der Waals surface area contributed by atoms with E-state index < -0.39 is 0 Å². The molecule has 3 aliphatic rings. The van der Waals surface area contributed by atoms with Gasteiger partial charge in [-0.25, -0.2) is 0 Å². The van der Waals surface area contributed by atoms with Gasteiger partial charge in [0.2, 0.25) is 0 Å². The molecule has 0 aromatic heterocycles. The van der Waals surface area contributed by atoms with Crippen LogP contribution in [0.2, 0.25) is 0 Å². The molecule has 2 aromatic carbocycles. The van der Waals surface area contributed by atoms with E-state index in [1.807, 2.05) is 0 Å². The zero-order valence-electron chi connectivity index (χ0n) is 28.3. The van der Waals surface area contributed by atoms with Gasteiger partial charge in [-0.1, -0.05) is 114 Å². The van der Waals surface area contributed by atoms with Crippen molar-refractivity contribution in [1.82, 2.24) is 0 Å². The fourth-order valence-corrected chi connectivity index (χ4v) is 9.48. The molecule has 0 fully saturated rings. The zero-order chi connectivity index (χ0) is 31.0. The van der Waals surface area contributed by atoms with E-state index in [0.717, 1.165) is 31.3 Å². The Kier molecular flexibility index (Phi) is 7.36. The topological polar surface area (TPSA) is 0 Å². The third-order valence-corrected chi connectivity index (χ3v) is 11.5. The Morgan fingerprint density at radius 1 is 0.905 bits per heavy atom. The van der Waals surface area contributed by atoms with Gasteiger partial charge in [0, 0.05) is 5.41 Å². The second-order valence-electron chi connectivity index (χ2n) is 16.1. The van der Waals surface area contributed by atoms with Crippen LogP contribution >= 0.6 is 0 Å². The molecule has 3 atom stereocenters.